The topological polar surface area (TPSA) is 84.5 Å². The highest BCUT2D eigenvalue weighted by Gasteiger charge is 2.67. The third kappa shape index (κ3) is 3.43. The van der Waals surface area contributed by atoms with E-state index in [1.54, 1.807) is 42.5 Å². The van der Waals surface area contributed by atoms with Gasteiger partial charge in [0.15, 0.2) is 0 Å². The predicted octanol–water partition coefficient (Wildman–Crippen LogP) is 4.76. The standard InChI is InChI=1S/C22H17BrCl2N2O4/c23-17-11-8-12-16(22(30)31-19(12)17)15(11)21(29)26-10-6-4-9(5-7-10)20(28)27-14-3-1-2-13(24)18(14)25/h1-7,11-12,15-17,19H,8H2,(H,26,29)(H,27,28)/t11-,12-,15-,16+,17+,19+/m1/s1. The van der Waals surface area contributed by atoms with Crippen molar-refractivity contribution in [2.45, 2.75) is 17.4 Å². The van der Waals surface area contributed by atoms with Crippen LogP contribution < -0.4 is 10.6 Å². The first-order chi connectivity index (χ1) is 14.8. The highest BCUT2D eigenvalue weighted by molar-refractivity contribution is 9.09. The summed E-state index contributed by atoms with van der Waals surface area (Å²) in [6.07, 6.45) is 0.706. The monoisotopic (exact) mass is 522 g/mol. The molecule has 2 bridgehead atoms. The molecule has 0 aromatic heterocycles. The van der Waals surface area contributed by atoms with Crippen LogP contribution in [0.25, 0.3) is 0 Å². The average Bonchev–Trinajstić information content (AvgIpc) is 3.36. The van der Waals surface area contributed by atoms with E-state index >= 15 is 0 Å². The molecule has 3 aliphatic rings. The fourth-order valence-electron chi connectivity index (χ4n) is 5.06. The van der Waals surface area contributed by atoms with E-state index in [2.05, 4.69) is 26.6 Å². The van der Waals surface area contributed by atoms with Gasteiger partial charge in [-0.15, -0.1) is 0 Å². The Morgan fingerprint density at radius 1 is 1.03 bits per heavy atom. The van der Waals surface area contributed by atoms with E-state index in [1.165, 1.54) is 0 Å². The highest BCUT2D eigenvalue weighted by atomic mass is 79.9. The molecule has 1 saturated heterocycles. The van der Waals surface area contributed by atoms with Crippen LogP contribution in [0.1, 0.15) is 16.8 Å². The van der Waals surface area contributed by atoms with E-state index < -0.39 is 5.92 Å². The normalized spacial score (nSPS) is 30.2. The molecule has 0 unspecified atom stereocenters. The Balaban J connectivity index is 1.26. The van der Waals surface area contributed by atoms with E-state index in [4.69, 9.17) is 27.9 Å². The second kappa shape index (κ2) is 7.80. The Kier molecular flexibility index (Phi) is 5.23. The van der Waals surface area contributed by atoms with Crippen molar-refractivity contribution in [1.29, 1.82) is 0 Å². The fourth-order valence-corrected chi connectivity index (χ4v) is 6.45. The van der Waals surface area contributed by atoms with Gasteiger partial charge in [0.2, 0.25) is 5.91 Å². The van der Waals surface area contributed by atoms with Gasteiger partial charge in [-0.1, -0.05) is 45.2 Å². The first kappa shape index (κ1) is 20.8. The molecule has 160 valence electrons. The van der Waals surface area contributed by atoms with Gasteiger partial charge in [-0.3, -0.25) is 14.4 Å². The van der Waals surface area contributed by atoms with Crippen LogP contribution in [0.15, 0.2) is 42.5 Å². The maximum absolute atomic E-state index is 13.0. The van der Waals surface area contributed by atoms with E-state index in [-0.39, 0.29) is 51.5 Å². The number of anilines is 2. The van der Waals surface area contributed by atoms with Crippen LogP contribution in [0.5, 0.6) is 0 Å². The lowest BCUT2D eigenvalue weighted by atomic mass is 9.79. The summed E-state index contributed by atoms with van der Waals surface area (Å²) < 4.78 is 5.46. The van der Waals surface area contributed by atoms with Crippen LogP contribution in [0.2, 0.25) is 10.0 Å². The molecule has 2 aromatic rings. The number of rotatable bonds is 4. The van der Waals surface area contributed by atoms with E-state index in [1.807, 2.05) is 0 Å². The Labute approximate surface area is 196 Å². The summed E-state index contributed by atoms with van der Waals surface area (Å²) in [6.45, 7) is 0. The Hall–Kier alpha value is -2.09. The Bertz CT molecular complexity index is 1090. The Morgan fingerprint density at radius 3 is 2.52 bits per heavy atom. The first-order valence-corrected chi connectivity index (χ1v) is 11.5. The molecule has 2 aliphatic carbocycles. The van der Waals surface area contributed by atoms with E-state index in [0.29, 0.717) is 22.0 Å². The lowest BCUT2D eigenvalue weighted by Crippen LogP contribution is -2.40. The lowest BCUT2D eigenvalue weighted by Gasteiger charge is -2.27. The Morgan fingerprint density at radius 2 is 1.77 bits per heavy atom. The van der Waals surface area contributed by atoms with Crippen LogP contribution >= 0.6 is 39.1 Å². The maximum Gasteiger partial charge on any atom is 0.310 e. The number of nitrogens with one attached hydrogen (secondary N) is 2. The molecule has 9 heteroatoms. The fraction of sp³-hybridized carbons (Fsp3) is 0.318. The van der Waals surface area contributed by atoms with Crippen molar-refractivity contribution in [3.05, 3.63) is 58.1 Å². The van der Waals surface area contributed by atoms with E-state index in [0.717, 1.165) is 6.42 Å². The van der Waals surface area contributed by atoms with Crippen molar-refractivity contribution in [1.82, 2.24) is 0 Å². The number of carbonyl (C=O) groups excluding carboxylic acids is 3. The smallest absolute Gasteiger partial charge is 0.310 e. The number of fused-ring (bicyclic) bond motifs is 1. The minimum atomic E-state index is -0.409. The van der Waals surface area contributed by atoms with Gasteiger partial charge in [-0.25, -0.2) is 0 Å². The van der Waals surface area contributed by atoms with Crippen LogP contribution in [-0.4, -0.2) is 28.7 Å². The van der Waals surface area contributed by atoms with E-state index in [9.17, 15) is 14.4 Å². The van der Waals surface area contributed by atoms with Crippen LogP contribution in [-0.2, 0) is 14.3 Å². The molecule has 1 heterocycles. The van der Waals surface area contributed by atoms with Crippen molar-refractivity contribution in [3.8, 4) is 0 Å². The van der Waals surface area contributed by atoms with Crippen LogP contribution in [0.3, 0.4) is 0 Å². The predicted molar refractivity (Wildman–Crippen MR) is 121 cm³/mol. The summed E-state index contributed by atoms with van der Waals surface area (Å²) in [6, 6.07) is 11.5. The number of esters is 1. The van der Waals surface area contributed by atoms with Crippen molar-refractivity contribution in [3.63, 3.8) is 0 Å². The molecule has 5 rings (SSSR count). The number of alkyl halides is 1. The number of halogens is 3. The quantitative estimate of drug-likeness (QED) is 0.447. The van der Waals surface area contributed by atoms with Gasteiger partial charge in [0.25, 0.3) is 5.91 Å². The van der Waals surface area contributed by atoms with Gasteiger partial charge in [0.1, 0.15) is 6.10 Å². The van der Waals surface area contributed by atoms with Gasteiger partial charge in [-0.05, 0) is 48.7 Å². The molecular formula is C22H17BrCl2N2O4. The third-order valence-corrected chi connectivity index (χ3v) is 8.46. The number of amides is 2. The molecule has 6 atom stereocenters. The summed E-state index contributed by atoms with van der Waals surface area (Å²) in [5.74, 6) is -1.39. The lowest BCUT2D eigenvalue weighted by molar-refractivity contribution is -0.145. The SMILES string of the molecule is O=C(Nc1cccc(Cl)c1Cl)c1ccc(NC(=O)[C@@H]2[C@H]3C[C@H]4[C@H](OC(=O)[C@@H]42)[C@H]3Br)cc1. The summed E-state index contributed by atoms with van der Waals surface area (Å²) in [5, 5.41) is 6.22. The van der Waals surface area contributed by atoms with Gasteiger partial charge in [-0.2, -0.15) is 0 Å². The zero-order valence-corrected chi connectivity index (χ0v) is 19.1. The molecule has 2 aromatic carbocycles. The van der Waals surface area contributed by atoms with Gasteiger partial charge >= 0.3 is 5.97 Å². The van der Waals surface area contributed by atoms with Crippen molar-refractivity contribution >= 4 is 68.3 Å². The first-order valence-electron chi connectivity index (χ1n) is 9.86. The zero-order chi connectivity index (χ0) is 21.9. The molecule has 2 saturated carbocycles. The van der Waals surface area contributed by atoms with Crippen molar-refractivity contribution in [2.24, 2.45) is 23.7 Å². The molecular weight excluding hydrogens is 507 g/mol. The molecule has 6 nitrogen and oxygen atoms in total. The minimum Gasteiger partial charge on any atom is -0.461 e. The number of hydrogen-bond acceptors (Lipinski definition) is 4. The molecule has 1 aliphatic heterocycles. The second-order valence-electron chi connectivity index (χ2n) is 8.08. The molecule has 31 heavy (non-hydrogen) atoms. The van der Waals surface area contributed by atoms with Crippen LogP contribution in [0.4, 0.5) is 11.4 Å². The second-order valence-corrected chi connectivity index (χ2v) is 9.93. The molecule has 2 amide bonds. The number of hydrogen-bond donors (Lipinski definition) is 2. The summed E-state index contributed by atoms with van der Waals surface area (Å²) in [4.78, 5) is 37.7. The maximum atomic E-state index is 13.0. The molecule has 3 fully saturated rings. The minimum absolute atomic E-state index is 0.0142. The number of carbonyl (C=O) groups is 3. The third-order valence-electron chi connectivity index (χ3n) is 6.44. The largest absolute Gasteiger partial charge is 0.461 e. The van der Waals surface area contributed by atoms with Gasteiger partial charge in [0, 0.05) is 17.2 Å². The number of ether oxygens (including phenoxy) is 1. The summed E-state index contributed by atoms with van der Waals surface area (Å²) in [5.41, 5.74) is 1.37. The molecule has 0 radical (unpaired) electrons. The van der Waals surface area contributed by atoms with Crippen LogP contribution in [0, 0.1) is 23.7 Å². The summed E-state index contributed by atoms with van der Waals surface area (Å²) in [7, 11) is 0. The molecule has 2 N–H and O–H groups in total. The van der Waals surface area contributed by atoms with Gasteiger partial charge < -0.3 is 15.4 Å². The zero-order valence-electron chi connectivity index (χ0n) is 16.0. The number of benzene rings is 2. The summed E-state index contributed by atoms with van der Waals surface area (Å²) >= 11 is 15.7. The van der Waals surface area contributed by atoms with Gasteiger partial charge in [0.05, 0.1) is 32.4 Å². The highest BCUT2D eigenvalue weighted by Crippen LogP contribution is 2.60. The van der Waals surface area contributed by atoms with Crippen molar-refractivity contribution in [2.75, 3.05) is 10.6 Å². The average molecular weight is 524 g/mol. The molecule has 0 spiro atoms. The van der Waals surface area contributed by atoms with Crippen molar-refractivity contribution < 1.29 is 19.1 Å².